The summed E-state index contributed by atoms with van der Waals surface area (Å²) in [5.41, 5.74) is 0.700. The summed E-state index contributed by atoms with van der Waals surface area (Å²) >= 11 is 0. The van der Waals surface area contributed by atoms with E-state index in [0.717, 1.165) is 12.3 Å². The van der Waals surface area contributed by atoms with Gasteiger partial charge in [0.1, 0.15) is 5.82 Å². The Morgan fingerprint density at radius 3 is 2.35 bits per heavy atom. The SMILES string of the molecule is CS(=O)(=O)Nc1ccc(NC(=O)c2ccc(C#N)cc2)cc1F. The highest BCUT2D eigenvalue weighted by Crippen LogP contribution is 2.20. The number of halogens is 1. The fourth-order valence-electron chi connectivity index (χ4n) is 1.77. The van der Waals surface area contributed by atoms with Crippen molar-refractivity contribution >= 4 is 27.3 Å². The molecule has 0 bridgehead atoms. The molecule has 23 heavy (non-hydrogen) atoms. The molecule has 0 aliphatic heterocycles. The Kier molecular flexibility index (Phi) is 4.62. The first-order valence-corrected chi connectivity index (χ1v) is 8.26. The number of amides is 1. The first-order chi connectivity index (χ1) is 10.8. The Bertz CT molecular complexity index is 887. The molecule has 0 fully saturated rings. The summed E-state index contributed by atoms with van der Waals surface area (Å²) in [5.74, 6) is -1.29. The zero-order valence-corrected chi connectivity index (χ0v) is 12.8. The summed E-state index contributed by atoms with van der Waals surface area (Å²) in [6.07, 6.45) is 0.910. The number of hydrogen-bond acceptors (Lipinski definition) is 4. The van der Waals surface area contributed by atoms with Gasteiger partial charge < -0.3 is 5.32 Å². The first kappa shape index (κ1) is 16.5. The summed E-state index contributed by atoms with van der Waals surface area (Å²) in [4.78, 5) is 12.0. The molecule has 2 aromatic carbocycles. The van der Waals surface area contributed by atoms with Crippen LogP contribution in [0.2, 0.25) is 0 Å². The number of hydrogen-bond donors (Lipinski definition) is 2. The van der Waals surface area contributed by atoms with Crippen molar-refractivity contribution in [2.45, 2.75) is 0 Å². The Labute approximate surface area is 132 Å². The van der Waals surface area contributed by atoms with Gasteiger partial charge in [-0.15, -0.1) is 0 Å². The van der Waals surface area contributed by atoms with Crippen molar-refractivity contribution < 1.29 is 17.6 Å². The number of nitrogens with one attached hydrogen (secondary N) is 2. The van der Waals surface area contributed by atoms with E-state index in [2.05, 4.69) is 5.32 Å². The number of nitrogens with zero attached hydrogens (tertiary/aromatic N) is 1. The largest absolute Gasteiger partial charge is 0.322 e. The quantitative estimate of drug-likeness (QED) is 0.897. The average molecular weight is 333 g/mol. The number of rotatable bonds is 4. The summed E-state index contributed by atoms with van der Waals surface area (Å²) in [5, 5.41) is 11.2. The Morgan fingerprint density at radius 1 is 1.17 bits per heavy atom. The zero-order valence-electron chi connectivity index (χ0n) is 12.0. The van der Waals surface area contributed by atoms with Crippen LogP contribution in [0.3, 0.4) is 0 Å². The van der Waals surface area contributed by atoms with Crippen LogP contribution in [0.5, 0.6) is 0 Å². The molecule has 2 aromatic rings. The van der Waals surface area contributed by atoms with E-state index >= 15 is 0 Å². The number of anilines is 2. The third-order valence-electron chi connectivity index (χ3n) is 2.80. The van der Waals surface area contributed by atoms with E-state index < -0.39 is 21.7 Å². The lowest BCUT2D eigenvalue weighted by Crippen LogP contribution is -2.13. The number of carbonyl (C=O) groups is 1. The third-order valence-corrected chi connectivity index (χ3v) is 3.39. The van der Waals surface area contributed by atoms with Gasteiger partial charge in [-0.25, -0.2) is 12.8 Å². The van der Waals surface area contributed by atoms with Crippen molar-refractivity contribution in [3.63, 3.8) is 0 Å². The second kappa shape index (κ2) is 6.46. The molecular weight excluding hydrogens is 321 g/mol. The Hall–Kier alpha value is -2.92. The van der Waals surface area contributed by atoms with Crippen LogP contribution in [0.4, 0.5) is 15.8 Å². The number of sulfonamides is 1. The minimum atomic E-state index is -3.59. The molecule has 0 unspecified atom stereocenters. The van der Waals surface area contributed by atoms with Gasteiger partial charge in [0.25, 0.3) is 5.91 Å². The maximum absolute atomic E-state index is 13.8. The molecule has 0 aliphatic rings. The summed E-state index contributed by atoms with van der Waals surface area (Å²) in [7, 11) is -3.59. The van der Waals surface area contributed by atoms with Gasteiger partial charge in [0, 0.05) is 11.3 Å². The highest BCUT2D eigenvalue weighted by molar-refractivity contribution is 7.92. The van der Waals surface area contributed by atoms with Gasteiger partial charge >= 0.3 is 0 Å². The maximum atomic E-state index is 13.8. The van der Waals surface area contributed by atoms with Gasteiger partial charge in [-0.2, -0.15) is 5.26 Å². The smallest absolute Gasteiger partial charge is 0.255 e. The molecule has 0 saturated carbocycles. The monoisotopic (exact) mass is 333 g/mol. The Balaban J connectivity index is 2.15. The highest BCUT2D eigenvalue weighted by atomic mass is 32.2. The molecule has 6 nitrogen and oxygen atoms in total. The number of nitriles is 1. The summed E-state index contributed by atoms with van der Waals surface area (Å²) < 4.78 is 38.0. The lowest BCUT2D eigenvalue weighted by atomic mass is 10.1. The van der Waals surface area contributed by atoms with Crippen molar-refractivity contribution in [3.05, 3.63) is 59.4 Å². The van der Waals surface area contributed by atoms with Gasteiger partial charge in [-0.05, 0) is 42.5 Å². The normalized spacial score (nSPS) is 10.7. The van der Waals surface area contributed by atoms with E-state index in [1.54, 1.807) is 0 Å². The maximum Gasteiger partial charge on any atom is 0.255 e. The molecule has 0 saturated heterocycles. The minimum Gasteiger partial charge on any atom is -0.322 e. The lowest BCUT2D eigenvalue weighted by Gasteiger charge is -2.09. The van der Waals surface area contributed by atoms with E-state index in [4.69, 9.17) is 5.26 Å². The predicted octanol–water partition coefficient (Wildman–Crippen LogP) is 2.32. The van der Waals surface area contributed by atoms with Crippen LogP contribution in [0.25, 0.3) is 0 Å². The standard InChI is InChI=1S/C15H12FN3O3S/c1-23(21,22)19-14-7-6-12(8-13(14)16)18-15(20)11-4-2-10(9-17)3-5-11/h2-8,19H,1H3,(H,18,20). The fraction of sp³-hybridized carbons (Fsp3) is 0.0667. The highest BCUT2D eigenvalue weighted by Gasteiger charge is 2.11. The van der Waals surface area contributed by atoms with E-state index in [9.17, 15) is 17.6 Å². The zero-order chi connectivity index (χ0) is 17.0. The van der Waals surface area contributed by atoms with E-state index in [1.165, 1.54) is 36.4 Å². The molecule has 0 heterocycles. The predicted molar refractivity (Wildman–Crippen MR) is 84.0 cm³/mol. The van der Waals surface area contributed by atoms with E-state index in [1.807, 2.05) is 10.8 Å². The molecule has 0 aliphatic carbocycles. The van der Waals surface area contributed by atoms with Crippen LogP contribution >= 0.6 is 0 Å². The van der Waals surface area contributed by atoms with Crippen molar-refractivity contribution in [1.82, 2.24) is 0 Å². The fourth-order valence-corrected chi connectivity index (χ4v) is 2.34. The van der Waals surface area contributed by atoms with E-state index in [-0.39, 0.29) is 11.4 Å². The van der Waals surface area contributed by atoms with Crippen LogP contribution in [-0.2, 0) is 10.0 Å². The van der Waals surface area contributed by atoms with Crippen molar-refractivity contribution in [2.75, 3.05) is 16.3 Å². The Morgan fingerprint density at radius 2 is 1.83 bits per heavy atom. The molecular formula is C15H12FN3O3S. The molecule has 0 aromatic heterocycles. The molecule has 2 N–H and O–H groups in total. The van der Waals surface area contributed by atoms with Gasteiger partial charge in [0.15, 0.2) is 0 Å². The average Bonchev–Trinajstić information content (AvgIpc) is 2.49. The topological polar surface area (TPSA) is 99.1 Å². The number of benzene rings is 2. The molecule has 2 rings (SSSR count). The molecule has 118 valence electrons. The summed E-state index contributed by atoms with van der Waals surface area (Å²) in [6, 6.07) is 11.5. The second-order valence-corrected chi connectivity index (χ2v) is 6.46. The first-order valence-electron chi connectivity index (χ1n) is 6.37. The van der Waals surface area contributed by atoms with Gasteiger partial charge in [-0.1, -0.05) is 0 Å². The van der Waals surface area contributed by atoms with Crippen LogP contribution in [0, 0.1) is 17.1 Å². The van der Waals surface area contributed by atoms with Crippen molar-refractivity contribution in [2.24, 2.45) is 0 Å². The molecule has 0 spiro atoms. The van der Waals surface area contributed by atoms with Gasteiger partial charge in [-0.3, -0.25) is 9.52 Å². The van der Waals surface area contributed by atoms with Crippen LogP contribution in [0.1, 0.15) is 15.9 Å². The third kappa shape index (κ3) is 4.52. The van der Waals surface area contributed by atoms with Gasteiger partial charge in [0.05, 0.1) is 23.6 Å². The van der Waals surface area contributed by atoms with Crippen LogP contribution in [0.15, 0.2) is 42.5 Å². The summed E-state index contributed by atoms with van der Waals surface area (Å²) in [6.45, 7) is 0. The molecule has 1 amide bonds. The van der Waals surface area contributed by atoms with Crippen LogP contribution in [-0.4, -0.2) is 20.6 Å². The number of carbonyl (C=O) groups excluding carboxylic acids is 1. The lowest BCUT2D eigenvalue weighted by molar-refractivity contribution is 0.102. The van der Waals surface area contributed by atoms with Crippen molar-refractivity contribution in [3.8, 4) is 6.07 Å². The van der Waals surface area contributed by atoms with E-state index in [0.29, 0.717) is 11.1 Å². The van der Waals surface area contributed by atoms with Crippen molar-refractivity contribution in [1.29, 1.82) is 5.26 Å². The minimum absolute atomic E-state index is 0.177. The van der Waals surface area contributed by atoms with Crippen LogP contribution < -0.4 is 10.0 Å². The molecule has 0 atom stereocenters. The second-order valence-electron chi connectivity index (χ2n) is 4.71. The molecule has 8 heteroatoms. The molecule has 0 radical (unpaired) electrons. The van der Waals surface area contributed by atoms with Gasteiger partial charge in [0.2, 0.25) is 10.0 Å².